The van der Waals surface area contributed by atoms with Crippen LogP contribution in [0.3, 0.4) is 0 Å². The van der Waals surface area contributed by atoms with Crippen molar-refractivity contribution < 1.29 is 64.2 Å². The van der Waals surface area contributed by atoms with E-state index in [1.165, 1.54) is 30.3 Å². The fraction of sp³-hybridized carbons (Fsp3) is 0.464. The molecule has 7 N–H and O–H groups in total. The van der Waals surface area contributed by atoms with Gasteiger partial charge in [-0.3, -0.25) is 0 Å². The van der Waals surface area contributed by atoms with Crippen LogP contribution >= 0.6 is 0 Å². The van der Waals surface area contributed by atoms with Crippen LogP contribution in [0.5, 0.6) is 11.5 Å². The summed E-state index contributed by atoms with van der Waals surface area (Å²) in [5, 5.41) is 71.0. The molecule has 2 aliphatic heterocycles. The molecule has 2 fully saturated rings. The predicted octanol–water partition coefficient (Wildman–Crippen LogP) is -0.814. The smallest absolute Gasteiger partial charge is 0.330 e. The van der Waals surface area contributed by atoms with E-state index in [-0.39, 0.29) is 18.1 Å². The molecule has 2 saturated heterocycles. The molecule has 0 unspecified atom stereocenters. The van der Waals surface area contributed by atoms with Gasteiger partial charge in [0.05, 0.1) is 19.8 Å². The largest absolute Gasteiger partial charge is 0.508 e. The second-order valence-electron chi connectivity index (χ2n) is 9.86. The normalized spacial score (nSPS) is 31.9. The molecule has 0 bridgehead atoms. The van der Waals surface area contributed by atoms with E-state index in [9.17, 15) is 40.5 Å². The number of carbonyl (C=O) groups excluding carboxylic acids is 1. The number of esters is 1. The number of phenolic OH excluding ortho intramolecular Hbond substituents is 2. The van der Waals surface area contributed by atoms with Crippen molar-refractivity contribution in [2.45, 2.75) is 55.1 Å². The lowest BCUT2D eigenvalue weighted by Crippen LogP contribution is -2.61. The van der Waals surface area contributed by atoms with Gasteiger partial charge in [0.25, 0.3) is 0 Å². The van der Waals surface area contributed by atoms with E-state index < -0.39 is 74.5 Å². The molecule has 2 aliphatic rings. The van der Waals surface area contributed by atoms with Crippen molar-refractivity contribution in [3.8, 4) is 11.5 Å². The minimum atomic E-state index is -2.05. The minimum absolute atomic E-state index is 0.0703. The summed E-state index contributed by atoms with van der Waals surface area (Å²) in [5.41, 5.74) is -0.591. The Bertz CT molecular complexity index is 1150. The Labute approximate surface area is 235 Å². The monoisotopic (exact) mass is 578 g/mol. The molecule has 13 heteroatoms. The third kappa shape index (κ3) is 7.80. The number of ether oxygens (including phenoxy) is 5. The summed E-state index contributed by atoms with van der Waals surface area (Å²) in [6, 6.07) is 12.5. The molecule has 4 rings (SSSR count). The lowest BCUT2D eigenvalue weighted by Gasteiger charge is -2.42. The van der Waals surface area contributed by atoms with Crippen LogP contribution in [0.2, 0.25) is 0 Å². The summed E-state index contributed by atoms with van der Waals surface area (Å²) in [4.78, 5) is 12.1. The van der Waals surface area contributed by atoms with E-state index in [0.29, 0.717) is 12.0 Å². The Hall–Kier alpha value is -3.11. The van der Waals surface area contributed by atoms with Crippen LogP contribution in [0.4, 0.5) is 0 Å². The standard InChI is InChI=1S/C28H34O13/c29-13-20-22(33)23(34)24(26(40-20)37-12-11-17-3-8-19(31)9-4-17)41-27-25(35)28(36,15-39-27)14-38-21(32)10-5-16-1-6-18(30)7-2-16/h1-10,20,22-27,29-31,33-36H,11-15H2/b10-5+/t20-,22-,23+,24-,25+,26-,27+,28-/m1/s1. The number of phenols is 2. The first-order valence-corrected chi connectivity index (χ1v) is 12.9. The molecular formula is C28H34O13. The van der Waals surface area contributed by atoms with E-state index in [2.05, 4.69) is 0 Å². The highest BCUT2D eigenvalue weighted by molar-refractivity contribution is 5.87. The molecule has 224 valence electrons. The number of aliphatic hydroxyl groups is 5. The number of benzene rings is 2. The summed E-state index contributed by atoms with van der Waals surface area (Å²) in [6.07, 6.45) is -7.34. The zero-order valence-electron chi connectivity index (χ0n) is 21.9. The van der Waals surface area contributed by atoms with Crippen molar-refractivity contribution in [1.29, 1.82) is 0 Å². The minimum Gasteiger partial charge on any atom is -0.508 e. The van der Waals surface area contributed by atoms with Gasteiger partial charge in [-0.25, -0.2) is 4.79 Å². The first-order chi connectivity index (χ1) is 19.6. The van der Waals surface area contributed by atoms with Crippen molar-refractivity contribution in [3.63, 3.8) is 0 Å². The van der Waals surface area contributed by atoms with Crippen molar-refractivity contribution in [1.82, 2.24) is 0 Å². The van der Waals surface area contributed by atoms with Gasteiger partial charge >= 0.3 is 5.97 Å². The lowest BCUT2D eigenvalue weighted by molar-refractivity contribution is -0.335. The number of hydrogen-bond acceptors (Lipinski definition) is 13. The first kappa shape index (κ1) is 30.8. The van der Waals surface area contributed by atoms with Gasteiger partial charge in [-0.05, 0) is 47.9 Å². The van der Waals surface area contributed by atoms with E-state index in [1.54, 1.807) is 24.3 Å². The summed E-state index contributed by atoms with van der Waals surface area (Å²) in [6.45, 7) is -1.66. The molecule has 8 atom stereocenters. The fourth-order valence-electron chi connectivity index (χ4n) is 4.34. The van der Waals surface area contributed by atoms with Gasteiger partial charge in [-0.1, -0.05) is 24.3 Å². The van der Waals surface area contributed by atoms with Crippen LogP contribution in [0.25, 0.3) is 6.08 Å². The Kier molecular flexibility index (Phi) is 10.3. The van der Waals surface area contributed by atoms with Gasteiger partial charge in [-0.15, -0.1) is 0 Å². The lowest BCUT2D eigenvalue weighted by atomic mass is 9.98. The van der Waals surface area contributed by atoms with Crippen LogP contribution in [0, 0.1) is 0 Å². The average Bonchev–Trinajstić information content (AvgIpc) is 3.25. The SMILES string of the molecule is O=C(/C=C/c1ccc(O)cc1)OC[C@@]1(O)CO[C@@H](O[C@H]2[C@H](OCCc3ccc(O)cc3)O[C@H](CO)[C@@H](O)[C@@H]2O)[C@@H]1O. The topological polar surface area (TPSA) is 205 Å². The quantitative estimate of drug-likeness (QED) is 0.129. The van der Waals surface area contributed by atoms with Gasteiger partial charge < -0.3 is 59.4 Å². The molecule has 0 amide bonds. The second-order valence-corrected chi connectivity index (χ2v) is 9.86. The summed E-state index contributed by atoms with van der Waals surface area (Å²) in [5.74, 6) is -0.627. The summed E-state index contributed by atoms with van der Waals surface area (Å²) >= 11 is 0. The third-order valence-corrected chi connectivity index (χ3v) is 6.80. The number of rotatable bonds is 11. The highest BCUT2D eigenvalue weighted by Gasteiger charge is 2.53. The molecule has 0 aliphatic carbocycles. The maximum Gasteiger partial charge on any atom is 0.330 e. The van der Waals surface area contributed by atoms with E-state index >= 15 is 0 Å². The van der Waals surface area contributed by atoms with Crippen LogP contribution in [-0.4, -0.2) is 117 Å². The number of aliphatic hydroxyl groups excluding tert-OH is 4. The maximum absolute atomic E-state index is 12.1. The molecule has 0 saturated carbocycles. The molecule has 41 heavy (non-hydrogen) atoms. The Balaban J connectivity index is 1.34. The molecule has 2 aromatic carbocycles. The van der Waals surface area contributed by atoms with Crippen LogP contribution in [0.1, 0.15) is 11.1 Å². The Morgan fingerprint density at radius 1 is 0.976 bits per heavy atom. The highest BCUT2D eigenvalue weighted by atomic mass is 16.8. The highest BCUT2D eigenvalue weighted by Crippen LogP contribution is 2.32. The zero-order chi connectivity index (χ0) is 29.6. The van der Waals surface area contributed by atoms with Crippen molar-refractivity contribution in [3.05, 3.63) is 65.7 Å². The van der Waals surface area contributed by atoms with Gasteiger partial charge in [0, 0.05) is 6.08 Å². The molecule has 0 spiro atoms. The van der Waals surface area contributed by atoms with Gasteiger partial charge in [-0.2, -0.15) is 0 Å². The molecule has 2 heterocycles. The molecule has 0 aromatic heterocycles. The summed E-state index contributed by atoms with van der Waals surface area (Å²) < 4.78 is 27.5. The van der Waals surface area contributed by atoms with Crippen LogP contribution in [0.15, 0.2) is 54.6 Å². The number of aromatic hydroxyl groups is 2. The Morgan fingerprint density at radius 3 is 2.29 bits per heavy atom. The van der Waals surface area contributed by atoms with E-state index in [4.69, 9.17) is 23.7 Å². The second kappa shape index (κ2) is 13.7. The average molecular weight is 579 g/mol. The third-order valence-electron chi connectivity index (χ3n) is 6.80. The van der Waals surface area contributed by atoms with Crippen LogP contribution < -0.4 is 0 Å². The Morgan fingerprint density at radius 2 is 1.63 bits per heavy atom. The summed E-state index contributed by atoms with van der Waals surface area (Å²) in [7, 11) is 0. The van der Waals surface area contributed by atoms with Gasteiger partial charge in [0.2, 0.25) is 0 Å². The van der Waals surface area contributed by atoms with Gasteiger partial charge in [0.15, 0.2) is 18.2 Å². The number of hydrogen-bond donors (Lipinski definition) is 7. The van der Waals surface area contributed by atoms with E-state index in [1.807, 2.05) is 0 Å². The number of carbonyl (C=O) groups is 1. The fourth-order valence-corrected chi connectivity index (χ4v) is 4.34. The molecule has 2 aromatic rings. The predicted molar refractivity (Wildman–Crippen MR) is 139 cm³/mol. The van der Waals surface area contributed by atoms with Gasteiger partial charge in [0.1, 0.15) is 48.6 Å². The molecule has 13 nitrogen and oxygen atoms in total. The van der Waals surface area contributed by atoms with Crippen molar-refractivity contribution in [2.75, 3.05) is 26.4 Å². The van der Waals surface area contributed by atoms with Crippen molar-refractivity contribution >= 4 is 12.0 Å². The van der Waals surface area contributed by atoms with E-state index in [0.717, 1.165) is 11.6 Å². The van der Waals surface area contributed by atoms with Crippen molar-refractivity contribution in [2.24, 2.45) is 0 Å². The first-order valence-electron chi connectivity index (χ1n) is 12.9. The molecule has 0 radical (unpaired) electrons. The maximum atomic E-state index is 12.1. The molecular weight excluding hydrogens is 544 g/mol. The van der Waals surface area contributed by atoms with Crippen LogP contribution in [-0.2, 0) is 34.9 Å². The zero-order valence-corrected chi connectivity index (χ0v) is 21.9.